The van der Waals surface area contributed by atoms with Crippen molar-refractivity contribution in [2.24, 2.45) is 0 Å². The van der Waals surface area contributed by atoms with Crippen molar-refractivity contribution in [3.8, 4) is 11.5 Å². The summed E-state index contributed by atoms with van der Waals surface area (Å²) in [6.45, 7) is 1.52. The van der Waals surface area contributed by atoms with E-state index in [4.69, 9.17) is 27.9 Å². The number of hydrogen-bond acceptors (Lipinski definition) is 3. The summed E-state index contributed by atoms with van der Waals surface area (Å²) < 4.78 is 20.7. The summed E-state index contributed by atoms with van der Waals surface area (Å²) in [6.07, 6.45) is 3.96. The van der Waals surface area contributed by atoms with Crippen molar-refractivity contribution in [3.63, 3.8) is 0 Å². The summed E-state index contributed by atoms with van der Waals surface area (Å²) in [5.41, 5.74) is 2.45. The third-order valence-corrected chi connectivity index (χ3v) is 5.77. The van der Waals surface area contributed by atoms with Crippen LogP contribution in [0, 0.1) is 6.92 Å². The normalized spacial score (nSPS) is 14.2. The molecule has 1 atom stereocenters. The van der Waals surface area contributed by atoms with Crippen LogP contribution in [-0.4, -0.2) is 17.4 Å². The third kappa shape index (κ3) is 5.17. The molecule has 31 heavy (non-hydrogen) atoms. The molecule has 1 fully saturated rings. The maximum Gasteiger partial charge on any atom is 0.255 e. The smallest absolute Gasteiger partial charge is 0.255 e. The molecule has 0 radical (unpaired) electrons. The van der Waals surface area contributed by atoms with Crippen LogP contribution in [0.3, 0.4) is 0 Å². The highest BCUT2D eigenvalue weighted by atomic mass is 35.5. The number of hydrogen-bond donors (Lipinski definition) is 1. The molecule has 1 heterocycles. The molecule has 3 aromatic rings. The molecule has 1 amide bonds. The van der Waals surface area contributed by atoms with Gasteiger partial charge in [0, 0.05) is 21.8 Å². The lowest BCUT2D eigenvalue weighted by Gasteiger charge is -2.15. The van der Waals surface area contributed by atoms with Crippen LogP contribution in [-0.2, 0) is 0 Å². The number of alkyl halides is 1. The zero-order valence-corrected chi connectivity index (χ0v) is 18.4. The Balaban J connectivity index is 1.49. The third-order valence-electron chi connectivity index (χ3n) is 5.20. The minimum absolute atomic E-state index is 0.217. The Labute approximate surface area is 190 Å². The largest absolute Gasteiger partial charge is 0.455 e. The fourth-order valence-corrected chi connectivity index (χ4v) is 3.95. The molecule has 1 aliphatic rings. The van der Waals surface area contributed by atoms with Crippen molar-refractivity contribution in [2.75, 3.05) is 6.54 Å². The van der Waals surface area contributed by atoms with Gasteiger partial charge in [0.1, 0.15) is 11.9 Å². The number of benzene rings is 2. The number of amides is 1. The van der Waals surface area contributed by atoms with Crippen LogP contribution in [0.15, 0.2) is 54.9 Å². The second kappa shape index (κ2) is 9.25. The highest BCUT2D eigenvalue weighted by Crippen LogP contribution is 2.41. The summed E-state index contributed by atoms with van der Waals surface area (Å²) in [5.74, 6) is 1.11. The monoisotopic (exact) mass is 458 g/mol. The topological polar surface area (TPSA) is 51.2 Å². The lowest BCUT2D eigenvalue weighted by atomic mass is 10.1. The second-order valence-electron chi connectivity index (χ2n) is 7.62. The first-order chi connectivity index (χ1) is 14.9. The van der Waals surface area contributed by atoms with Gasteiger partial charge in [0.25, 0.3) is 5.91 Å². The molecular weight excluding hydrogens is 438 g/mol. The minimum atomic E-state index is -1.48. The first-order valence-electron chi connectivity index (χ1n) is 10.0. The average Bonchev–Trinajstić information content (AvgIpc) is 3.58. The van der Waals surface area contributed by atoms with Crippen molar-refractivity contribution in [1.82, 2.24) is 10.3 Å². The van der Waals surface area contributed by atoms with Crippen molar-refractivity contribution in [2.45, 2.75) is 31.9 Å². The standard InChI is InChI=1S/C24H21Cl2FN2O2/c1-14-11-28-13-22(31-18-4-2-3-16(9-18)15-5-6-15)23(14)24(30)29-12-21(27)19-8-7-17(25)10-20(19)26/h2-4,7-11,13,15,21H,5-6,12H2,1H3,(H,29,30)/t21-/m1/s1. The number of nitrogens with zero attached hydrogens (tertiary/aromatic N) is 1. The Bertz CT molecular complexity index is 1120. The molecule has 0 spiro atoms. The van der Waals surface area contributed by atoms with E-state index in [1.165, 1.54) is 36.7 Å². The lowest BCUT2D eigenvalue weighted by Crippen LogP contribution is -2.28. The van der Waals surface area contributed by atoms with Gasteiger partial charge in [0.05, 0.1) is 18.3 Å². The van der Waals surface area contributed by atoms with Gasteiger partial charge in [-0.3, -0.25) is 9.78 Å². The van der Waals surface area contributed by atoms with E-state index in [1.807, 2.05) is 18.2 Å². The predicted octanol–water partition coefficient (Wildman–Crippen LogP) is 6.81. The summed E-state index contributed by atoms with van der Waals surface area (Å²) in [7, 11) is 0. The van der Waals surface area contributed by atoms with Crippen LogP contribution in [0.5, 0.6) is 11.5 Å². The molecule has 2 aromatic carbocycles. The Hall–Kier alpha value is -2.63. The Morgan fingerprint density at radius 3 is 2.77 bits per heavy atom. The molecule has 1 saturated carbocycles. The maximum atomic E-state index is 14.7. The number of pyridine rings is 1. The molecule has 7 heteroatoms. The molecule has 0 bridgehead atoms. The van der Waals surface area contributed by atoms with Gasteiger partial charge < -0.3 is 10.1 Å². The highest BCUT2D eigenvalue weighted by Gasteiger charge is 2.24. The average molecular weight is 459 g/mol. The van der Waals surface area contributed by atoms with Crippen LogP contribution in [0.1, 0.15) is 52.0 Å². The summed E-state index contributed by atoms with van der Waals surface area (Å²) in [5, 5.41) is 3.27. The molecule has 4 nitrogen and oxygen atoms in total. The molecule has 1 aliphatic carbocycles. The van der Waals surface area contributed by atoms with Gasteiger partial charge in [-0.1, -0.05) is 41.4 Å². The van der Waals surface area contributed by atoms with Gasteiger partial charge in [-0.2, -0.15) is 0 Å². The SMILES string of the molecule is Cc1cncc(Oc2cccc(C3CC3)c2)c1C(=O)NC[C@@H](F)c1ccc(Cl)cc1Cl. The Kier molecular flexibility index (Phi) is 6.44. The summed E-state index contributed by atoms with van der Waals surface area (Å²) in [6, 6.07) is 12.4. The van der Waals surface area contributed by atoms with Crippen molar-refractivity contribution < 1.29 is 13.9 Å². The molecule has 0 unspecified atom stereocenters. The minimum Gasteiger partial charge on any atom is -0.455 e. The van der Waals surface area contributed by atoms with Crippen molar-refractivity contribution in [3.05, 3.63) is 87.2 Å². The first-order valence-corrected chi connectivity index (χ1v) is 10.8. The summed E-state index contributed by atoms with van der Waals surface area (Å²) >= 11 is 11.9. The van der Waals surface area contributed by atoms with Gasteiger partial charge in [-0.25, -0.2) is 4.39 Å². The molecular formula is C24H21Cl2FN2O2. The number of carbonyl (C=O) groups is 1. The van der Waals surface area contributed by atoms with E-state index in [0.29, 0.717) is 33.6 Å². The fourth-order valence-electron chi connectivity index (χ4n) is 3.42. The number of aromatic nitrogens is 1. The number of halogens is 3. The van der Waals surface area contributed by atoms with E-state index >= 15 is 0 Å². The number of nitrogens with one attached hydrogen (secondary N) is 1. The zero-order valence-electron chi connectivity index (χ0n) is 16.9. The highest BCUT2D eigenvalue weighted by molar-refractivity contribution is 6.35. The first kappa shape index (κ1) is 21.6. The van der Waals surface area contributed by atoms with Crippen molar-refractivity contribution >= 4 is 29.1 Å². The van der Waals surface area contributed by atoms with Gasteiger partial charge in [0.2, 0.25) is 0 Å². The van der Waals surface area contributed by atoms with Crippen LogP contribution in [0.2, 0.25) is 10.0 Å². The number of carbonyl (C=O) groups excluding carboxylic acids is 1. The van der Waals surface area contributed by atoms with E-state index in [0.717, 1.165) is 0 Å². The maximum absolute atomic E-state index is 14.7. The van der Waals surface area contributed by atoms with Gasteiger partial charge in [0.15, 0.2) is 5.75 Å². The van der Waals surface area contributed by atoms with Gasteiger partial charge in [-0.15, -0.1) is 0 Å². The molecule has 0 aliphatic heterocycles. The number of rotatable bonds is 7. The lowest BCUT2D eigenvalue weighted by molar-refractivity contribution is 0.0938. The molecule has 160 valence electrons. The van der Waals surface area contributed by atoms with Crippen LogP contribution < -0.4 is 10.1 Å². The van der Waals surface area contributed by atoms with Gasteiger partial charge >= 0.3 is 0 Å². The number of ether oxygens (including phenoxy) is 1. The molecule has 4 rings (SSSR count). The zero-order chi connectivity index (χ0) is 22.0. The quantitative estimate of drug-likeness (QED) is 0.423. The molecule has 1 aromatic heterocycles. The van der Waals surface area contributed by atoms with E-state index in [-0.39, 0.29) is 17.1 Å². The van der Waals surface area contributed by atoms with E-state index in [2.05, 4.69) is 16.4 Å². The van der Waals surface area contributed by atoms with Gasteiger partial charge in [-0.05, 0) is 61.1 Å². The van der Waals surface area contributed by atoms with Crippen LogP contribution in [0.4, 0.5) is 4.39 Å². The van der Waals surface area contributed by atoms with E-state index < -0.39 is 12.1 Å². The Morgan fingerprint density at radius 1 is 1.23 bits per heavy atom. The molecule has 1 N–H and O–H groups in total. The van der Waals surface area contributed by atoms with Crippen LogP contribution in [0.25, 0.3) is 0 Å². The summed E-state index contributed by atoms with van der Waals surface area (Å²) in [4.78, 5) is 17.0. The Morgan fingerprint density at radius 2 is 2.03 bits per heavy atom. The van der Waals surface area contributed by atoms with Crippen LogP contribution >= 0.6 is 23.2 Å². The van der Waals surface area contributed by atoms with E-state index in [9.17, 15) is 9.18 Å². The molecule has 0 saturated heterocycles. The fraction of sp³-hybridized carbons (Fsp3) is 0.250. The second-order valence-corrected chi connectivity index (χ2v) is 8.47. The number of aryl methyl sites for hydroxylation is 1. The van der Waals surface area contributed by atoms with E-state index in [1.54, 1.807) is 19.2 Å². The predicted molar refractivity (Wildman–Crippen MR) is 120 cm³/mol. The van der Waals surface area contributed by atoms with Crippen molar-refractivity contribution in [1.29, 1.82) is 0 Å².